The number of carboxylic acid groups (broad SMARTS) is 1. The summed E-state index contributed by atoms with van der Waals surface area (Å²) in [6, 6.07) is 0. The molecule has 0 aromatic heterocycles. The maximum Gasteiger partial charge on any atom is 0.303 e. The van der Waals surface area contributed by atoms with E-state index in [1.165, 1.54) is 45.1 Å². The standard InChI is InChI=1S/C15H29NO2/c1-2-3-4-5-6-7-10-16-11-8-14(9-12-16)13-15(17)18/h14H,2-13H2,1H3,(H,17,18). The molecule has 3 heteroatoms. The summed E-state index contributed by atoms with van der Waals surface area (Å²) < 4.78 is 0. The zero-order chi connectivity index (χ0) is 13.2. The fraction of sp³-hybridized carbons (Fsp3) is 0.933. The number of carbonyl (C=O) groups is 1. The second-order valence-corrected chi connectivity index (χ2v) is 5.65. The largest absolute Gasteiger partial charge is 0.481 e. The third-order valence-corrected chi connectivity index (χ3v) is 4.00. The lowest BCUT2D eigenvalue weighted by Gasteiger charge is -2.31. The molecule has 1 saturated heterocycles. The number of nitrogens with zero attached hydrogens (tertiary/aromatic N) is 1. The predicted octanol–water partition coefficient (Wildman–Crippen LogP) is 3.53. The molecule has 0 aromatic carbocycles. The summed E-state index contributed by atoms with van der Waals surface area (Å²) in [5.41, 5.74) is 0. The van der Waals surface area contributed by atoms with Crippen LogP contribution in [0.5, 0.6) is 0 Å². The van der Waals surface area contributed by atoms with Crippen molar-refractivity contribution in [3.05, 3.63) is 0 Å². The van der Waals surface area contributed by atoms with Gasteiger partial charge in [-0.15, -0.1) is 0 Å². The van der Waals surface area contributed by atoms with Crippen LogP contribution in [0.25, 0.3) is 0 Å². The molecule has 0 bridgehead atoms. The van der Waals surface area contributed by atoms with E-state index < -0.39 is 5.97 Å². The van der Waals surface area contributed by atoms with Crippen molar-refractivity contribution < 1.29 is 9.90 Å². The van der Waals surface area contributed by atoms with E-state index in [9.17, 15) is 4.79 Å². The van der Waals surface area contributed by atoms with E-state index in [0.29, 0.717) is 12.3 Å². The first-order chi connectivity index (χ1) is 8.72. The highest BCUT2D eigenvalue weighted by Gasteiger charge is 2.20. The molecule has 1 fully saturated rings. The van der Waals surface area contributed by atoms with Crippen LogP contribution in [-0.2, 0) is 4.79 Å². The summed E-state index contributed by atoms with van der Waals surface area (Å²) in [5, 5.41) is 8.76. The Morgan fingerprint density at radius 1 is 1.11 bits per heavy atom. The van der Waals surface area contributed by atoms with E-state index in [2.05, 4.69) is 11.8 Å². The Kier molecular flexibility index (Phi) is 8.06. The van der Waals surface area contributed by atoms with Gasteiger partial charge in [-0.25, -0.2) is 0 Å². The van der Waals surface area contributed by atoms with Gasteiger partial charge in [-0.05, 0) is 44.8 Å². The number of rotatable bonds is 9. The molecule has 0 aromatic rings. The third kappa shape index (κ3) is 7.00. The maximum atomic E-state index is 10.6. The van der Waals surface area contributed by atoms with Crippen molar-refractivity contribution in [2.45, 2.75) is 64.7 Å². The Morgan fingerprint density at radius 3 is 2.33 bits per heavy atom. The second-order valence-electron chi connectivity index (χ2n) is 5.65. The van der Waals surface area contributed by atoms with E-state index in [0.717, 1.165) is 25.9 Å². The number of piperidine rings is 1. The van der Waals surface area contributed by atoms with Gasteiger partial charge in [0, 0.05) is 6.42 Å². The van der Waals surface area contributed by atoms with Crippen molar-refractivity contribution in [2.24, 2.45) is 5.92 Å². The highest BCUT2D eigenvalue weighted by atomic mass is 16.4. The molecule has 0 saturated carbocycles. The molecule has 0 aliphatic carbocycles. The number of aliphatic carboxylic acids is 1. The molecular formula is C15H29NO2. The van der Waals surface area contributed by atoms with Gasteiger partial charge < -0.3 is 10.0 Å². The van der Waals surface area contributed by atoms with Crippen molar-refractivity contribution in [1.29, 1.82) is 0 Å². The molecule has 0 radical (unpaired) electrons. The van der Waals surface area contributed by atoms with Crippen LogP contribution in [0.3, 0.4) is 0 Å². The molecule has 1 aliphatic rings. The minimum Gasteiger partial charge on any atom is -0.481 e. The molecule has 1 aliphatic heterocycles. The van der Waals surface area contributed by atoms with Crippen molar-refractivity contribution in [2.75, 3.05) is 19.6 Å². The van der Waals surface area contributed by atoms with Gasteiger partial charge in [0.15, 0.2) is 0 Å². The average molecular weight is 255 g/mol. The Hall–Kier alpha value is -0.570. The molecule has 18 heavy (non-hydrogen) atoms. The van der Waals surface area contributed by atoms with E-state index in [-0.39, 0.29) is 0 Å². The zero-order valence-corrected chi connectivity index (χ0v) is 11.9. The Bertz CT molecular complexity index is 223. The van der Waals surface area contributed by atoms with Gasteiger partial charge in [-0.3, -0.25) is 4.79 Å². The number of carboxylic acids is 1. The highest BCUT2D eigenvalue weighted by Crippen LogP contribution is 2.20. The molecule has 0 unspecified atom stereocenters. The molecular weight excluding hydrogens is 226 g/mol. The Morgan fingerprint density at radius 2 is 1.72 bits per heavy atom. The van der Waals surface area contributed by atoms with Crippen molar-refractivity contribution in [3.63, 3.8) is 0 Å². The Labute approximate surface area is 112 Å². The SMILES string of the molecule is CCCCCCCCN1CCC(CC(=O)O)CC1. The van der Waals surface area contributed by atoms with Gasteiger partial charge in [0.2, 0.25) is 0 Å². The number of unbranched alkanes of at least 4 members (excludes halogenated alkanes) is 5. The summed E-state index contributed by atoms with van der Waals surface area (Å²) in [5.74, 6) is -0.215. The summed E-state index contributed by atoms with van der Waals surface area (Å²) in [7, 11) is 0. The zero-order valence-electron chi connectivity index (χ0n) is 11.9. The lowest BCUT2D eigenvalue weighted by Crippen LogP contribution is -2.35. The molecule has 3 nitrogen and oxygen atoms in total. The highest BCUT2D eigenvalue weighted by molar-refractivity contribution is 5.67. The number of likely N-dealkylation sites (tertiary alicyclic amines) is 1. The van der Waals surface area contributed by atoms with Gasteiger partial charge in [-0.2, -0.15) is 0 Å². The monoisotopic (exact) mass is 255 g/mol. The lowest BCUT2D eigenvalue weighted by atomic mass is 9.93. The van der Waals surface area contributed by atoms with Crippen molar-refractivity contribution in [1.82, 2.24) is 4.90 Å². The van der Waals surface area contributed by atoms with Crippen LogP contribution >= 0.6 is 0 Å². The van der Waals surface area contributed by atoms with Crippen LogP contribution in [-0.4, -0.2) is 35.6 Å². The minimum atomic E-state index is -0.635. The fourth-order valence-electron chi connectivity index (χ4n) is 2.78. The topological polar surface area (TPSA) is 40.5 Å². The predicted molar refractivity (Wildman–Crippen MR) is 74.8 cm³/mol. The summed E-state index contributed by atoms with van der Waals surface area (Å²) in [4.78, 5) is 13.1. The summed E-state index contributed by atoms with van der Waals surface area (Å²) in [6.45, 7) is 5.67. The molecule has 1 N–H and O–H groups in total. The molecule has 0 amide bonds. The van der Waals surface area contributed by atoms with E-state index in [1.807, 2.05) is 0 Å². The van der Waals surface area contributed by atoms with Crippen LogP contribution < -0.4 is 0 Å². The molecule has 0 atom stereocenters. The van der Waals surface area contributed by atoms with E-state index in [1.54, 1.807) is 0 Å². The van der Waals surface area contributed by atoms with Gasteiger partial charge in [0.05, 0.1) is 0 Å². The quantitative estimate of drug-likeness (QED) is 0.641. The van der Waals surface area contributed by atoms with Crippen LogP contribution in [0.15, 0.2) is 0 Å². The van der Waals surface area contributed by atoms with Crippen LogP contribution in [0.1, 0.15) is 64.7 Å². The third-order valence-electron chi connectivity index (χ3n) is 4.00. The van der Waals surface area contributed by atoms with E-state index >= 15 is 0 Å². The van der Waals surface area contributed by atoms with Gasteiger partial charge >= 0.3 is 5.97 Å². The molecule has 1 rings (SSSR count). The Balaban J connectivity index is 1.97. The van der Waals surface area contributed by atoms with Gasteiger partial charge in [0.1, 0.15) is 0 Å². The minimum absolute atomic E-state index is 0.366. The maximum absolute atomic E-state index is 10.6. The number of hydrogen-bond donors (Lipinski definition) is 1. The van der Waals surface area contributed by atoms with Gasteiger partial charge in [-0.1, -0.05) is 39.0 Å². The van der Waals surface area contributed by atoms with Gasteiger partial charge in [0.25, 0.3) is 0 Å². The van der Waals surface area contributed by atoms with Crippen molar-refractivity contribution >= 4 is 5.97 Å². The molecule has 106 valence electrons. The normalized spacial score (nSPS) is 18.1. The first-order valence-corrected chi connectivity index (χ1v) is 7.66. The van der Waals surface area contributed by atoms with Crippen LogP contribution in [0, 0.1) is 5.92 Å². The van der Waals surface area contributed by atoms with Crippen LogP contribution in [0.4, 0.5) is 0 Å². The molecule has 1 heterocycles. The number of hydrogen-bond acceptors (Lipinski definition) is 2. The second kappa shape index (κ2) is 9.37. The summed E-state index contributed by atoms with van der Waals surface area (Å²) in [6.07, 6.45) is 10.6. The van der Waals surface area contributed by atoms with Crippen molar-refractivity contribution in [3.8, 4) is 0 Å². The first-order valence-electron chi connectivity index (χ1n) is 7.66. The van der Waals surface area contributed by atoms with Crippen LogP contribution in [0.2, 0.25) is 0 Å². The van der Waals surface area contributed by atoms with E-state index in [4.69, 9.17) is 5.11 Å². The summed E-state index contributed by atoms with van der Waals surface area (Å²) >= 11 is 0. The smallest absolute Gasteiger partial charge is 0.303 e. The molecule has 0 spiro atoms. The average Bonchev–Trinajstić information content (AvgIpc) is 2.35. The fourth-order valence-corrected chi connectivity index (χ4v) is 2.78. The first kappa shape index (κ1) is 15.5. The lowest BCUT2D eigenvalue weighted by molar-refractivity contribution is -0.138.